The van der Waals surface area contributed by atoms with Crippen molar-refractivity contribution in [2.45, 2.75) is 17.5 Å². The van der Waals surface area contributed by atoms with Gasteiger partial charge in [-0.1, -0.05) is 42.5 Å². The van der Waals surface area contributed by atoms with Crippen molar-refractivity contribution in [1.29, 1.82) is 0 Å². The monoisotopic (exact) mass is 357 g/mol. The fourth-order valence-electron chi connectivity index (χ4n) is 2.59. The van der Waals surface area contributed by atoms with Gasteiger partial charge in [0, 0.05) is 18.5 Å². The van der Waals surface area contributed by atoms with Crippen LogP contribution in [-0.4, -0.2) is 37.2 Å². The first-order valence-corrected chi connectivity index (χ1v) is 9.18. The van der Waals surface area contributed by atoms with E-state index in [0.29, 0.717) is 6.54 Å². The number of amides is 3. The maximum Gasteiger partial charge on any atom is 0.321 e. The smallest absolute Gasteiger partial charge is 0.321 e. The van der Waals surface area contributed by atoms with Gasteiger partial charge in [-0.25, -0.2) is 4.79 Å². The van der Waals surface area contributed by atoms with Crippen LogP contribution in [0.1, 0.15) is 17.2 Å². The molecule has 25 heavy (non-hydrogen) atoms. The van der Waals surface area contributed by atoms with Gasteiger partial charge < -0.3 is 5.32 Å². The maximum atomic E-state index is 12.6. The van der Waals surface area contributed by atoms with Crippen LogP contribution in [-0.2, 0) is 11.3 Å². The van der Waals surface area contributed by atoms with Crippen LogP contribution in [0, 0.1) is 0 Å². The van der Waals surface area contributed by atoms with Gasteiger partial charge in [0.25, 0.3) is 0 Å². The Kier molecular flexibility index (Phi) is 7.03. The van der Waals surface area contributed by atoms with Gasteiger partial charge in [-0.15, -0.1) is 11.8 Å². The van der Waals surface area contributed by atoms with Crippen LogP contribution in [0.2, 0.25) is 0 Å². The van der Waals surface area contributed by atoms with Gasteiger partial charge in [-0.3, -0.25) is 15.0 Å². The van der Waals surface area contributed by atoms with Crippen LogP contribution in [0.3, 0.4) is 0 Å². The summed E-state index contributed by atoms with van der Waals surface area (Å²) in [6.07, 6.45) is 2.04. The quantitative estimate of drug-likeness (QED) is 0.780. The highest BCUT2D eigenvalue weighted by molar-refractivity contribution is 7.98. The zero-order chi connectivity index (χ0) is 18.2. The van der Waals surface area contributed by atoms with Crippen LogP contribution >= 0.6 is 11.8 Å². The molecule has 0 fully saturated rings. The molecule has 2 rings (SSSR count). The van der Waals surface area contributed by atoms with E-state index in [0.717, 1.165) is 11.1 Å². The molecule has 0 spiro atoms. The first kappa shape index (κ1) is 19.0. The van der Waals surface area contributed by atoms with Crippen molar-refractivity contribution in [3.8, 4) is 0 Å². The van der Waals surface area contributed by atoms with Crippen molar-refractivity contribution in [1.82, 2.24) is 15.5 Å². The Morgan fingerprint density at radius 1 is 1.08 bits per heavy atom. The molecule has 0 saturated heterocycles. The lowest BCUT2D eigenvalue weighted by molar-refractivity contribution is -0.125. The molecule has 3 amide bonds. The fraction of sp³-hybridized carbons (Fsp3) is 0.263. The van der Waals surface area contributed by atoms with E-state index in [4.69, 9.17) is 0 Å². The minimum atomic E-state index is -0.557. The first-order chi connectivity index (χ1) is 12.0. The summed E-state index contributed by atoms with van der Waals surface area (Å²) in [6, 6.07) is 16.6. The molecule has 2 aromatic rings. The molecule has 0 radical (unpaired) electrons. The molecule has 0 aliphatic heterocycles. The molecule has 2 aromatic carbocycles. The summed E-state index contributed by atoms with van der Waals surface area (Å²) in [4.78, 5) is 27.3. The SMILES string of the molecule is CNC(=O)NC(=O)[C@@H](c1ccccc1)N(C)Cc1ccc(SC)cc1. The molecule has 132 valence electrons. The zero-order valence-electron chi connectivity index (χ0n) is 14.7. The van der Waals surface area contributed by atoms with Gasteiger partial charge in [0.15, 0.2) is 0 Å². The number of hydrogen-bond donors (Lipinski definition) is 2. The van der Waals surface area contributed by atoms with Crippen LogP contribution < -0.4 is 10.6 Å². The zero-order valence-corrected chi connectivity index (χ0v) is 15.5. The van der Waals surface area contributed by atoms with Gasteiger partial charge in [0.05, 0.1) is 0 Å². The van der Waals surface area contributed by atoms with Gasteiger partial charge in [-0.2, -0.15) is 0 Å². The van der Waals surface area contributed by atoms with Crippen molar-refractivity contribution in [3.63, 3.8) is 0 Å². The first-order valence-electron chi connectivity index (χ1n) is 7.96. The largest absolute Gasteiger partial charge is 0.341 e. The molecule has 1 atom stereocenters. The molecule has 6 heteroatoms. The van der Waals surface area contributed by atoms with Crippen LogP contribution in [0.5, 0.6) is 0 Å². The second-order valence-corrected chi connectivity index (χ2v) is 6.52. The van der Waals surface area contributed by atoms with Crippen molar-refractivity contribution < 1.29 is 9.59 Å². The third-order valence-electron chi connectivity index (χ3n) is 3.86. The van der Waals surface area contributed by atoms with Crippen LogP contribution in [0.4, 0.5) is 4.79 Å². The van der Waals surface area contributed by atoms with Crippen molar-refractivity contribution in [3.05, 3.63) is 65.7 Å². The Labute approximate surface area is 152 Å². The van der Waals surface area contributed by atoms with Crippen LogP contribution in [0.15, 0.2) is 59.5 Å². The van der Waals surface area contributed by atoms with Crippen molar-refractivity contribution in [2.24, 2.45) is 0 Å². The van der Waals surface area contributed by atoms with Gasteiger partial charge in [0.1, 0.15) is 6.04 Å². The molecule has 0 aliphatic carbocycles. The minimum absolute atomic E-state index is 0.353. The summed E-state index contributed by atoms with van der Waals surface area (Å²) < 4.78 is 0. The summed E-state index contributed by atoms with van der Waals surface area (Å²) in [5.74, 6) is -0.353. The number of thioether (sulfide) groups is 1. The molecule has 0 bridgehead atoms. The molecule has 0 unspecified atom stereocenters. The third-order valence-corrected chi connectivity index (χ3v) is 4.60. The second kappa shape index (κ2) is 9.25. The lowest BCUT2D eigenvalue weighted by atomic mass is 10.0. The van der Waals surface area contributed by atoms with E-state index in [-0.39, 0.29) is 5.91 Å². The summed E-state index contributed by atoms with van der Waals surface area (Å²) in [7, 11) is 3.36. The standard InChI is InChI=1S/C19H23N3O2S/c1-20-19(24)21-18(23)17(15-7-5-4-6-8-15)22(2)13-14-9-11-16(25-3)12-10-14/h4-12,17H,13H2,1-3H3,(H2,20,21,23,24)/t17-/m1/s1. The Hall–Kier alpha value is -2.31. The van der Waals surface area contributed by atoms with Crippen LogP contribution in [0.25, 0.3) is 0 Å². The highest BCUT2D eigenvalue weighted by Crippen LogP contribution is 2.22. The van der Waals surface area contributed by atoms with E-state index in [1.807, 2.05) is 48.5 Å². The van der Waals surface area contributed by atoms with E-state index in [9.17, 15) is 9.59 Å². The number of urea groups is 1. The predicted octanol–water partition coefficient (Wildman–Crippen LogP) is 3.04. The average Bonchev–Trinajstić information content (AvgIpc) is 2.63. The Balaban J connectivity index is 2.21. The molecule has 0 aromatic heterocycles. The van der Waals surface area contributed by atoms with Gasteiger partial charge in [-0.05, 0) is 36.6 Å². The summed E-state index contributed by atoms with van der Waals surface area (Å²) in [5, 5.41) is 4.79. The number of likely N-dealkylation sites (N-methyl/N-ethyl adjacent to an activating group) is 1. The number of rotatable bonds is 6. The number of benzene rings is 2. The number of imide groups is 1. The number of carbonyl (C=O) groups is 2. The predicted molar refractivity (Wildman–Crippen MR) is 101 cm³/mol. The van der Waals surface area contributed by atoms with Crippen molar-refractivity contribution >= 4 is 23.7 Å². The lowest BCUT2D eigenvalue weighted by Crippen LogP contribution is -2.44. The molecule has 0 saturated carbocycles. The van der Waals surface area contributed by atoms with E-state index in [2.05, 4.69) is 34.9 Å². The summed E-state index contributed by atoms with van der Waals surface area (Å²) in [5.41, 5.74) is 1.95. The second-order valence-electron chi connectivity index (χ2n) is 5.64. The molecule has 2 N–H and O–H groups in total. The summed E-state index contributed by atoms with van der Waals surface area (Å²) in [6.45, 7) is 0.593. The molecular formula is C19H23N3O2S. The molecule has 0 aliphatic rings. The summed E-state index contributed by atoms with van der Waals surface area (Å²) >= 11 is 1.69. The van der Waals surface area contributed by atoms with E-state index in [1.165, 1.54) is 11.9 Å². The van der Waals surface area contributed by atoms with Crippen molar-refractivity contribution in [2.75, 3.05) is 20.4 Å². The maximum absolute atomic E-state index is 12.6. The van der Waals surface area contributed by atoms with E-state index in [1.54, 1.807) is 11.8 Å². The van der Waals surface area contributed by atoms with E-state index < -0.39 is 12.1 Å². The number of carbonyl (C=O) groups excluding carboxylic acids is 2. The number of nitrogens with one attached hydrogen (secondary N) is 2. The Bertz CT molecular complexity index is 704. The number of hydrogen-bond acceptors (Lipinski definition) is 4. The molecular weight excluding hydrogens is 334 g/mol. The highest BCUT2D eigenvalue weighted by Gasteiger charge is 2.26. The van der Waals surface area contributed by atoms with Gasteiger partial charge >= 0.3 is 6.03 Å². The normalized spacial score (nSPS) is 11.8. The fourth-order valence-corrected chi connectivity index (χ4v) is 3.00. The lowest BCUT2D eigenvalue weighted by Gasteiger charge is -2.27. The number of nitrogens with zero attached hydrogens (tertiary/aromatic N) is 1. The Morgan fingerprint density at radius 2 is 1.72 bits per heavy atom. The Morgan fingerprint density at radius 3 is 2.28 bits per heavy atom. The molecule has 5 nitrogen and oxygen atoms in total. The minimum Gasteiger partial charge on any atom is -0.341 e. The third kappa shape index (κ3) is 5.34. The molecule has 0 heterocycles. The topological polar surface area (TPSA) is 61.4 Å². The highest BCUT2D eigenvalue weighted by atomic mass is 32.2. The average molecular weight is 357 g/mol. The van der Waals surface area contributed by atoms with Gasteiger partial charge in [0.2, 0.25) is 5.91 Å². The van der Waals surface area contributed by atoms with E-state index >= 15 is 0 Å².